The summed E-state index contributed by atoms with van der Waals surface area (Å²) in [6.07, 6.45) is 3.09. The summed E-state index contributed by atoms with van der Waals surface area (Å²) in [4.78, 5) is 15.9. The van der Waals surface area contributed by atoms with Gasteiger partial charge >= 0.3 is 0 Å². The minimum absolute atomic E-state index is 0.0718. The molecule has 1 heterocycles. The maximum atomic E-state index is 11.7. The van der Waals surface area contributed by atoms with Crippen LogP contribution in [-0.4, -0.2) is 16.0 Å². The van der Waals surface area contributed by atoms with E-state index < -0.39 is 0 Å². The highest BCUT2D eigenvalue weighted by Crippen LogP contribution is 2.26. The standard InChI is InChI=1S/C14H14ClN3O2/c15-11-6-4-9(5-7-11)13-17-12(20-18-13)8-16-14(19)10-2-1-3-10/h4-7,10H,1-3,8H2,(H,16,19). The van der Waals surface area contributed by atoms with E-state index in [2.05, 4.69) is 15.5 Å². The zero-order valence-corrected chi connectivity index (χ0v) is 11.6. The van der Waals surface area contributed by atoms with Crippen molar-refractivity contribution in [2.45, 2.75) is 25.8 Å². The maximum Gasteiger partial charge on any atom is 0.246 e. The van der Waals surface area contributed by atoms with Crippen LogP contribution in [0.2, 0.25) is 5.02 Å². The van der Waals surface area contributed by atoms with Crippen LogP contribution < -0.4 is 5.32 Å². The third-order valence-electron chi connectivity index (χ3n) is 3.46. The smallest absolute Gasteiger partial charge is 0.246 e. The van der Waals surface area contributed by atoms with Crippen molar-refractivity contribution in [3.8, 4) is 11.4 Å². The van der Waals surface area contributed by atoms with Crippen LogP contribution in [0.25, 0.3) is 11.4 Å². The highest BCUT2D eigenvalue weighted by molar-refractivity contribution is 6.30. The number of carbonyl (C=O) groups excluding carboxylic acids is 1. The Morgan fingerprint density at radius 2 is 2.10 bits per heavy atom. The first-order chi connectivity index (χ1) is 9.72. The van der Waals surface area contributed by atoms with E-state index in [1.165, 1.54) is 0 Å². The summed E-state index contributed by atoms with van der Waals surface area (Å²) in [5.74, 6) is 1.13. The molecule has 104 valence electrons. The summed E-state index contributed by atoms with van der Waals surface area (Å²) in [6, 6.07) is 7.18. The number of benzene rings is 1. The predicted molar refractivity (Wildman–Crippen MR) is 73.9 cm³/mol. The number of aromatic nitrogens is 2. The van der Waals surface area contributed by atoms with E-state index in [1.807, 2.05) is 12.1 Å². The summed E-state index contributed by atoms with van der Waals surface area (Å²) < 4.78 is 5.12. The van der Waals surface area contributed by atoms with E-state index in [4.69, 9.17) is 16.1 Å². The Kier molecular flexibility index (Phi) is 3.69. The largest absolute Gasteiger partial charge is 0.347 e. The average Bonchev–Trinajstić information content (AvgIpc) is 2.84. The lowest BCUT2D eigenvalue weighted by molar-refractivity contribution is -0.127. The Morgan fingerprint density at radius 3 is 2.75 bits per heavy atom. The van der Waals surface area contributed by atoms with Gasteiger partial charge in [-0.2, -0.15) is 4.98 Å². The maximum absolute atomic E-state index is 11.7. The molecule has 0 aliphatic heterocycles. The van der Waals surface area contributed by atoms with Crippen molar-refractivity contribution in [2.24, 2.45) is 5.92 Å². The molecule has 0 spiro atoms. The third kappa shape index (κ3) is 2.82. The zero-order chi connectivity index (χ0) is 13.9. The molecule has 1 aliphatic carbocycles. The summed E-state index contributed by atoms with van der Waals surface area (Å²) in [5, 5.41) is 7.37. The molecule has 6 heteroatoms. The molecule has 1 fully saturated rings. The first-order valence-electron chi connectivity index (χ1n) is 6.58. The molecular formula is C14H14ClN3O2. The van der Waals surface area contributed by atoms with Crippen LogP contribution in [0.1, 0.15) is 25.2 Å². The van der Waals surface area contributed by atoms with Crippen LogP contribution in [0, 0.1) is 5.92 Å². The number of amides is 1. The molecule has 0 bridgehead atoms. The Labute approximate surface area is 121 Å². The van der Waals surface area contributed by atoms with Crippen molar-refractivity contribution in [3.05, 3.63) is 35.2 Å². The van der Waals surface area contributed by atoms with Gasteiger partial charge in [0, 0.05) is 16.5 Å². The van der Waals surface area contributed by atoms with Gasteiger partial charge < -0.3 is 9.84 Å². The number of hydrogen-bond donors (Lipinski definition) is 1. The van der Waals surface area contributed by atoms with Crippen LogP contribution >= 0.6 is 11.6 Å². The van der Waals surface area contributed by atoms with Gasteiger partial charge in [-0.3, -0.25) is 4.79 Å². The molecule has 1 amide bonds. The van der Waals surface area contributed by atoms with Gasteiger partial charge in [0.15, 0.2) is 0 Å². The predicted octanol–water partition coefficient (Wildman–Crippen LogP) is 2.81. The van der Waals surface area contributed by atoms with E-state index in [0.29, 0.717) is 16.7 Å². The lowest BCUT2D eigenvalue weighted by atomic mass is 9.85. The van der Waals surface area contributed by atoms with E-state index in [1.54, 1.807) is 12.1 Å². The second kappa shape index (κ2) is 5.63. The van der Waals surface area contributed by atoms with Gasteiger partial charge in [0.05, 0.1) is 6.54 Å². The first-order valence-corrected chi connectivity index (χ1v) is 6.96. The van der Waals surface area contributed by atoms with Crippen LogP contribution in [0.5, 0.6) is 0 Å². The topological polar surface area (TPSA) is 68.0 Å². The second-order valence-corrected chi connectivity index (χ2v) is 5.30. The van der Waals surface area contributed by atoms with E-state index in [9.17, 15) is 4.79 Å². The van der Waals surface area contributed by atoms with Gasteiger partial charge in [-0.1, -0.05) is 23.2 Å². The van der Waals surface area contributed by atoms with Crippen molar-refractivity contribution in [1.29, 1.82) is 0 Å². The number of nitrogens with one attached hydrogen (secondary N) is 1. The van der Waals surface area contributed by atoms with Gasteiger partial charge in [-0.25, -0.2) is 0 Å². The fourth-order valence-corrected chi connectivity index (χ4v) is 2.15. The van der Waals surface area contributed by atoms with Gasteiger partial charge in [-0.15, -0.1) is 0 Å². The Balaban J connectivity index is 1.61. The third-order valence-corrected chi connectivity index (χ3v) is 3.71. The fourth-order valence-electron chi connectivity index (χ4n) is 2.02. The summed E-state index contributed by atoms with van der Waals surface area (Å²) in [5.41, 5.74) is 0.828. The molecule has 1 N–H and O–H groups in total. The van der Waals surface area contributed by atoms with Gasteiger partial charge in [0.2, 0.25) is 17.6 Å². The second-order valence-electron chi connectivity index (χ2n) is 4.86. The van der Waals surface area contributed by atoms with E-state index in [-0.39, 0.29) is 18.4 Å². The van der Waals surface area contributed by atoms with Crippen molar-refractivity contribution < 1.29 is 9.32 Å². The van der Waals surface area contributed by atoms with Gasteiger partial charge in [-0.05, 0) is 37.1 Å². The van der Waals surface area contributed by atoms with Crippen LogP contribution in [0.15, 0.2) is 28.8 Å². The highest BCUT2D eigenvalue weighted by Gasteiger charge is 2.25. The van der Waals surface area contributed by atoms with Crippen molar-refractivity contribution >= 4 is 17.5 Å². The van der Waals surface area contributed by atoms with Crippen LogP contribution in [-0.2, 0) is 11.3 Å². The highest BCUT2D eigenvalue weighted by atomic mass is 35.5. The molecule has 2 aromatic rings. The molecule has 1 aliphatic rings. The van der Waals surface area contributed by atoms with Crippen LogP contribution in [0.3, 0.4) is 0 Å². The Morgan fingerprint density at radius 1 is 1.35 bits per heavy atom. The monoisotopic (exact) mass is 291 g/mol. The first kappa shape index (κ1) is 13.1. The molecule has 20 heavy (non-hydrogen) atoms. The molecule has 1 aromatic heterocycles. The summed E-state index contributed by atoms with van der Waals surface area (Å²) in [6.45, 7) is 0.274. The zero-order valence-electron chi connectivity index (χ0n) is 10.8. The van der Waals surface area contributed by atoms with Crippen molar-refractivity contribution in [1.82, 2.24) is 15.5 Å². The van der Waals surface area contributed by atoms with E-state index >= 15 is 0 Å². The minimum atomic E-state index is 0.0718. The Hall–Kier alpha value is -1.88. The molecule has 0 saturated heterocycles. The number of rotatable bonds is 4. The van der Waals surface area contributed by atoms with Crippen molar-refractivity contribution in [2.75, 3.05) is 0 Å². The Bertz CT molecular complexity index is 605. The quantitative estimate of drug-likeness (QED) is 0.940. The molecule has 1 saturated carbocycles. The van der Waals surface area contributed by atoms with Gasteiger partial charge in [0.1, 0.15) is 0 Å². The molecule has 0 atom stereocenters. The number of hydrogen-bond acceptors (Lipinski definition) is 4. The summed E-state index contributed by atoms with van der Waals surface area (Å²) >= 11 is 5.83. The van der Waals surface area contributed by atoms with Crippen LogP contribution in [0.4, 0.5) is 0 Å². The molecule has 0 unspecified atom stereocenters. The average molecular weight is 292 g/mol. The number of carbonyl (C=O) groups is 1. The lowest BCUT2D eigenvalue weighted by Gasteiger charge is -2.23. The fraction of sp³-hybridized carbons (Fsp3) is 0.357. The minimum Gasteiger partial charge on any atom is -0.347 e. The van der Waals surface area contributed by atoms with Gasteiger partial charge in [0.25, 0.3) is 0 Å². The lowest BCUT2D eigenvalue weighted by Crippen LogP contribution is -2.34. The van der Waals surface area contributed by atoms with E-state index in [0.717, 1.165) is 24.8 Å². The van der Waals surface area contributed by atoms with Crippen molar-refractivity contribution in [3.63, 3.8) is 0 Å². The molecule has 5 nitrogen and oxygen atoms in total. The normalized spacial score (nSPS) is 14.8. The molecule has 0 radical (unpaired) electrons. The molecule has 3 rings (SSSR count). The summed E-state index contributed by atoms with van der Waals surface area (Å²) in [7, 11) is 0. The SMILES string of the molecule is O=C(NCc1nc(-c2ccc(Cl)cc2)no1)C1CCC1. The molecule has 1 aromatic carbocycles. The number of halogens is 1. The number of nitrogens with zero attached hydrogens (tertiary/aromatic N) is 2. The molecular weight excluding hydrogens is 278 g/mol.